The molecule has 0 amide bonds. The smallest absolute Gasteiger partial charge is 0.175 e. The van der Waals surface area contributed by atoms with Gasteiger partial charge in [0.15, 0.2) is 10.3 Å². The molecule has 4 nitrogen and oxygen atoms in total. The number of anilines is 1. The van der Waals surface area contributed by atoms with Crippen molar-refractivity contribution in [1.29, 1.82) is 0 Å². The molecule has 0 radical (unpaired) electrons. The van der Waals surface area contributed by atoms with Crippen LogP contribution in [0.5, 0.6) is 0 Å². The van der Waals surface area contributed by atoms with E-state index in [0.29, 0.717) is 28.3 Å². The van der Waals surface area contributed by atoms with Crippen LogP contribution in [-0.2, 0) is 0 Å². The molecule has 88 valence electrons. The van der Waals surface area contributed by atoms with Gasteiger partial charge in [0.1, 0.15) is 0 Å². The average Bonchev–Trinajstić information content (AvgIpc) is 2.23. The van der Waals surface area contributed by atoms with Gasteiger partial charge < -0.3 is 10.6 Å². The van der Waals surface area contributed by atoms with E-state index in [1.807, 2.05) is 11.8 Å². The van der Waals surface area contributed by atoms with Gasteiger partial charge in [-0.1, -0.05) is 35.4 Å². The highest BCUT2D eigenvalue weighted by Crippen LogP contribution is 2.25. The Hall–Kier alpha value is -0.650. The molecule has 1 aromatic heterocycles. The van der Waals surface area contributed by atoms with Crippen LogP contribution < -0.4 is 10.6 Å². The summed E-state index contributed by atoms with van der Waals surface area (Å²) in [7, 11) is 0. The highest BCUT2D eigenvalue weighted by Gasteiger charge is 2.11. The molecule has 0 atom stereocenters. The van der Waals surface area contributed by atoms with Gasteiger partial charge in [-0.2, -0.15) is 0 Å². The summed E-state index contributed by atoms with van der Waals surface area (Å²) in [6.45, 7) is 3.46. The van der Waals surface area contributed by atoms with Crippen molar-refractivity contribution < 1.29 is 0 Å². The summed E-state index contributed by atoms with van der Waals surface area (Å²) in [4.78, 5) is 2.48. The quantitative estimate of drug-likeness (QED) is 0.838. The van der Waals surface area contributed by atoms with Gasteiger partial charge in [-0.15, -0.1) is 10.2 Å². The number of thiocarbonyl (C=S) groups is 1. The maximum absolute atomic E-state index is 5.95. The van der Waals surface area contributed by atoms with Crippen molar-refractivity contribution >= 4 is 46.1 Å². The monoisotopic (exact) mass is 278 g/mol. The molecular formula is C9H12Cl2N4S. The lowest BCUT2D eigenvalue weighted by Gasteiger charge is -2.23. The Bertz CT molecular complexity index is 386. The van der Waals surface area contributed by atoms with Gasteiger partial charge in [-0.05, 0) is 6.92 Å². The summed E-state index contributed by atoms with van der Waals surface area (Å²) in [5.74, 6) is 0. The lowest BCUT2D eigenvalue weighted by Crippen LogP contribution is -2.27. The molecule has 1 rings (SSSR count). The molecule has 1 heterocycles. The minimum absolute atomic E-state index is 0.313. The predicted molar refractivity (Wildman–Crippen MR) is 71.3 cm³/mol. The Morgan fingerprint density at radius 1 is 1.50 bits per heavy atom. The maximum Gasteiger partial charge on any atom is 0.175 e. The number of nitrogens with two attached hydrogens (primary N) is 1. The highest BCUT2D eigenvalue weighted by atomic mass is 35.5. The van der Waals surface area contributed by atoms with Crippen molar-refractivity contribution in [3.05, 3.63) is 16.4 Å². The molecule has 0 unspecified atom stereocenters. The van der Waals surface area contributed by atoms with Crippen LogP contribution in [0.15, 0.2) is 6.07 Å². The SMILES string of the molecule is CCN(CCC(N)=S)c1cc(Cl)nnc1Cl. The van der Waals surface area contributed by atoms with E-state index in [0.717, 1.165) is 12.2 Å². The maximum atomic E-state index is 5.95. The fourth-order valence-electron chi connectivity index (χ4n) is 1.26. The molecule has 0 spiro atoms. The van der Waals surface area contributed by atoms with Gasteiger partial charge in [0.25, 0.3) is 0 Å². The average molecular weight is 279 g/mol. The third-order valence-electron chi connectivity index (χ3n) is 2.05. The topological polar surface area (TPSA) is 55.0 Å². The van der Waals surface area contributed by atoms with Crippen molar-refractivity contribution in [2.75, 3.05) is 18.0 Å². The summed E-state index contributed by atoms with van der Waals surface area (Å²) in [5, 5.41) is 8.05. The van der Waals surface area contributed by atoms with Crippen LogP contribution in [0.4, 0.5) is 5.69 Å². The first-order valence-corrected chi connectivity index (χ1v) is 5.93. The minimum Gasteiger partial charge on any atom is -0.393 e. The number of halogens is 2. The van der Waals surface area contributed by atoms with E-state index >= 15 is 0 Å². The number of rotatable bonds is 5. The summed E-state index contributed by atoms with van der Waals surface area (Å²) >= 11 is 16.6. The van der Waals surface area contributed by atoms with E-state index in [9.17, 15) is 0 Å². The second-order valence-electron chi connectivity index (χ2n) is 3.14. The largest absolute Gasteiger partial charge is 0.393 e. The van der Waals surface area contributed by atoms with E-state index in [1.165, 1.54) is 0 Å². The molecule has 16 heavy (non-hydrogen) atoms. The van der Waals surface area contributed by atoms with Crippen LogP contribution in [0.25, 0.3) is 0 Å². The number of hydrogen-bond acceptors (Lipinski definition) is 4. The second-order valence-corrected chi connectivity index (χ2v) is 4.41. The minimum atomic E-state index is 0.313. The van der Waals surface area contributed by atoms with Crippen LogP contribution in [0.2, 0.25) is 10.3 Å². The first-order valence-electron chi connectivity index (χ1n) is 4.76. The molecule has 0 aliphatic rings. The summed E-state index contributed by atoms with van der Waals surface area (Å²) in [6.07, 6.45) is 0.624. The Balaban J connectivity index is 2.85. The summed E-state index contributed by atoms with van der Waals surface area (Å²) in [6, 6.07) is 1.68. The van der Waals surface area contributed by atoms with Crippen LogP contribution in [0.3, 0.4) is 0 Å². The molecule has 1 aromatic rings. The zero-order valence-corrected chi connectivity index (χ0v) is 11.1. The molecule has 0 bridgehead atoms. The fraction of sp³-hybridized carbons (Fsp3) is 0.444. The highest BCUT2D eigenvalue weighted by molar-refractivity contribution is 7.80. The van der Waals surface area contributed by atoms with E-state index in [4.69, 9.17) is 41.2 Å². The van der Waals surface area contributed by atoms with Gasteiger partial charge in [0.2, 0.25) is 0 Å². The van der Waals surface area contributed by atoms with Gasteiger partial charge in [-0.3, -0.25) is 0 Å². The second kappa shape index (κ2) is 6.18. The lowest BCUT2D eigenvalue weighted by molar-refractivity contribution is 0.828. The van der Waals surface area contributed by atoms with Gasteiger partial charge in [-0.25, -0.2) is 0 Å². The molecule has 0 saturated carbocycles. The first-order chi connectivity index (χ1) is 7.54. The Labute approximate surface area is 110 Å². The third kappa shape index (κ3) is 3.73. The number of hydrogen-bond donors (Lipinski definition) is 1. The van der Waals surface area contributed by atoms with Crippen molar-refractivity contribution in [2.45, 2.75) is 13.3 Å². The Morgan fingerprint density at radius 2 is 2.19 bits per heavy atom. The van der Waals surface area contributed by atoms with Gasteiger partial charge in [0.05, 0.1) is 10.7 Å². The summed E-state index contributed by atoms with van der Waals surface area (Å²) in [5.41, 5.74) is 6.21. The predicted octanol–water partition coefficient (Wildman–Crippen LogP) is 2.29. The van der Waals surface area contributed by atoms with Gasteiger partial charge in [0, 0.05) is 25.6 Å². The summed E-state index contributed by atoms with van der Waals surface area (Å²) < 4.78 is 0. The van der Waals surface area contributed by atoms with Crippen LogP contribution in [-0.4, -0.2) is 28.3 Å². The van der Waals surface area contributed by atoms with Gasteiger partial charge >= 0.3 is 0 Å². The molecule has 0 aliphatic carbocycles. The van der Waals surface area contributed by atoms with Crippen LogP contribution >= 0.6 is 35.4 Å². The molecule has 0 aliphatic heterocycles. The molecular weight excluding hydrogens is 267 g/mol. The zero-order chi connectivity index (χ0) is 12.1. The van der Waals surface area contributed by atoms with E-state index in [1.54, 1.807) is 6.07 Å². The van der Waals surface area contributed by atoms with E-state index in [2.05, 4.69) is 10.2 Å². The van der Waals surface area contributed by atoms with E-state index < -0.39 is 0 Å². The van der Waals surface area contributed by atoms with Crippen molar-refractivity contribution in [3.63, 3.8) is 0 Å². The Morgan fingerprint density at radius 3 is 2.75 bits per heavy atom. The number of aromatic nitrogens is 2. The molecule has 0 fully saturated rings. The standard InChI is InChI=1S/C9H12Cl2N4S/c1-2-15(4-3-8(12)16)6-5-7(10)13-14-9(6)11/h5H,2-4H2,1H3,(H2,12,16). The van der Waals surface area contributed by atoms with Crippen molar-refractivity contribution in [2.24, 2.45) is 5.73 Å². The molecule has 2 N–H and O–H groups in total. The zero-order valence-electron chi connectivity index (χ0n) is 8.78. The van der Waals surface area contributed by atoms with E-state index in [-0.39, 0.29) is 0 Å². The number of nitrogens with zero attached hydrogens (tertiary/aromatic N) is 3. The third-order valence-corrected chi connectivity index (χ3v) is 2.71. The van der Waals surface area contributed by atoms with Crippen LogP contribution in [0.1, 0.15) is 13.3 Å². The first kappa shape index (κ1) is 13.4. The molecule has 7 heteroatoms. The molecule has 0 aromatic carbocycles. The normalized spacial score (nSPS) is 10.2. The lowest BCUT2D eigenvalue weighted by atomic mass is 10.3. The Kier molecular flexibility index (Phi) is 5.18. The van der Waals surface area contributed by atoms with Crippen molar-refractivity contribution in [3.8, 4) is 0 Å². The molecule has 0 saturated heterocycles. The van der Waals surface area contributed by atoms with Crippen LogP contribution in [0, 0.1) is 0 Å². The fourth-order valence-corrected chi connectivity index (χ4v) is 1.70. The van der Waals surface area contributed by atoms with Crippen molar-refractivity contribution in [1.82, 2.24) is 10.2 Å².